The van der Waals surface area contributed by atoms with Gasteiger partial charge in [-0.1, -0.05) is 122 Å². The minimum atomic E-state index is 0.767. The van der Waals surface area contributed by atoms with Gasteiger partial charge in [0, 0.05) is 12.6 Å². The average molecular weight is 382 g/mol. The summed E-state index contributed by atoms with van der Waals surface area (Å²) in [6, 6.07) is 8.34. The van der Waals surface area contributed by atoms with Crippen molar-refractivity contribution >= 4 is 5.57 Å². The molecule has 0 bridgehead atoms. The molecule has 0 aromatic heterocycles. The van der Waals surface area contributed by atoms with Crippen molar-refractivity contribution in [3.63, 3.8) is 0 Å². The van der Waals surface area contributed by atoms with Crippen LogP contribution in [0.5, 0.6) is 0 Å². The van der Waals surface area contributed by atoms with Crippen molar-refractivity contribution in [1.29, 1.82) is 0 Å². The predicted molar refractivity (Wildman–Crippen MR) is 128 cm³/mol. The van der Waals surface area contributed by atoms with Crippen LogP contribution in [0.4, 0.5) is 0 Å². The zero-order chi connectivity index (χ0) is 21.2. The van der Waals surface area contributed by atoms with Crippen LogP contribution in [-0.4, -0.2) is 7.05 Å². The molecule has 0 heterocycles. The van der Waals surface area contributed by atoms with Gasteiger partial charge in [-0.25, -0.2) is 0 Å². The van der Waals surface area contributed by atoms with Crippen LogP contribution < -0.4 is 5.32 Å². The molecular formula is C27H43N. The molecule has 28 heavy (non-hydrogen) atoms. The molecule has 0 unspecified atom stereocenters. The molecule has 1 aromatic carbocycles. The van der Waals surface area contributed by atoms with E-state index in [-0.39, 0.29) is 0 Å². The molecular weight excluding hydrogens is 338 g/mol. The second kappa shape index (κ2) is 17.2. The van der Waals surface area contributed by atoms with Crippen molar-refractivity contribution in [3.05, 3.63) is 53.7 Å². The van der Waals surface area contributed by atoms with E-state index in [2.05, 4.69) is 43.8 Å². The average Bonchev–Trinajstić information content (AvgIpc) is 2.73. The minimum absolute atomic E-state index is 0.767. The third-order valence-corrected chi connectivity index (χ3v) is 5.32. The van der Waals surface area contributed by atoms with Crippen LogP contribution in [0, 0.1) is 18.3 Å². The van der Waals surface area contributed by atoms with Gasteiger partial charge >= 0.3 is 0 Å². The number of hydrogen-bond donors (Lipinski definition) is 1. The Morgan fingerprint density at radius 2 is 1.75 bits per heavy atom. The van der Waals surface area contributed by atoms with Gasteiger partial charge in [-0.3, -0.25) is 0 Å². The van der Waals surface area contributed by atoms with Crippen molar-refractivity contribution < 1.29 is 0 Å². The first-order valence-corrected chi connectivity index (χ1v) is 11.3. The fourth-order valence-electron chi connectivity index (χ4n) is 3.56. The van der Waals surface area contributed by atoms with Gasteiger partial charge in [0.1, 0.15) is 0 Å². The first-order valence-electron chi connectivity index (χ1n) is 11.3. The van der Waals surface area contributed by atoms with Gasteiger partial charge in [0.2, 0.25) is 0 Å². The van der Waals surface area contributed by atoms with Crippen molar-refractivity contribution in [2.75, 3.05) is 7.05 Å². The highest BCUT2D eigenvalue weighted by Crippen LogP contribution is 2.24. The molecule has 0 atom stereocenters. The van der Waals surface area contributed by atoms with Crippen LogP contribution in [0.25, 0.3) is 5.57 Å². The summed E-state index contributed by atoms with van der Waals surface area (Å²) in [4.78, 5) is 0. The summed E-state index contributed by atoms with van der Waals surface area (Å²) < 4.78 is 0. The molecule has 1 heteroatoms. The summed E-state index contributed by atoms with van der Waals surface area (Å²) in [6.45, 7) is 12.3. The summed E-state index contributed by atoms with van der Waals surface area (Å²) >= 11 is 0. The lowest BCUT2D eigenvalue weighted by molar-refractivity contribution is 0.369. The van der Waals surface area contributed by atoms with E-state index in [1.165, 1.54) is 56.9 Å². The molecule has 1 aromatic rings. The number of allylic oxidation sites excluding steroid dienone is 3. The molecule has 1 aliphatic carbocycles. The number of terminal acetylenes is 1. The molecule has 1 saturated carbocycles. The van der Waals surface area contributed by atoms with E-state index in [1.54, 1.807) is 6.08 Å². The molecule has 0 radical (unpaired) electrons. The van der Waals surface area contributed by atoms with Crippen LogP contribution in [0.2, 0.25) is 0 Å². The smallest absolute Gasteiger partial charge is 0.0927 e. The third-order valence-electron chi connectivity index (χ3n) is 5.32. The lowest BCUT2D eigenvalue weighted by atomic mass is 9.90. The van der Waals surface area contributed by atoms with Gasteiger partial charge < -0.3 is 5.32 Å². The summed E-state index contributed by atoms with van der Waals surface area (Å²) in [5.41, 5.74) is 4.14. The summed E-state index contributed by atoms with van der Waals surface area (Å²) in [5, 5.41) is 3.01. The first kappa shape index (κ1) is 26.1. The van der Waals surface area contributed by atoms with Crippen LogP contribution in [0.15, 0.2) is 42.6 Å². The van der Waals surface area contributed by atoms with E-state index < -0.39 is 0 Å². The highest BCUT2D eigenvalue weighted by molar-refractivity contribution is 5.78. The molecule has 2 rings (SSSR count). The van der Waals surface area contributed by atoms with Gasteiger partial charge in [0.05, 0.1) is 5.70 Å². The molecule has 0 aliphatic heterocycles. The topological polar surface area (TPSA) is 12.0 Å². The lowest BCUT2D eigenvalue weighted by Gasteiger charge is -2.17. The Morgan fingerprint density at radius 3 is 2.21 bits per heavy atom. The normalized spacial score (nSPS) is 15.1. The van der Waals surface area contributed by atoms with E-state index in [0.29, 0.717) is 0 Å². The number of benzene rings is 1. The second-order valence-corrected chi connectivity index (χ2v) is 7.06. The lowest BCUT2D eigenvalue weighted by Crippen LogP contribution is -2.06. The first-order chi connectivity index (χ1) is 13.7. The van der Waals surface area contributed by atoms with Crippen LogP contribution >= 0.6 is 0 Å². The maximum atomic E-state index is 5.45. The Balaban J connectivity index is 0.000000520. The Bertz CT molecular complexity index is 595. The summed E-state index contributed by atoms with van der Waals surface area (Å²) in [5.74, 6) is 3.71. The molecule has 0 spiro atoms. The molecule has 1 fully saturated rings. The third kappa shape index (κ3) is 9.84. The quantitative estimate of drug-likeness (QED) is 0.405. The number of nitrogens with one attached hydrogen (secondary N) is 1. The van der Waals surface area contributed by atoms with Gasteiger partial charge in [0.25, 0.3) is 0 Å². The van der Waals surface area contributed by atoms with Gasteiger partial charge in [0.15, 0.2) is 0 Å². The Morgan fingerprint density at radius 1 is 1.14 bits per heavy atom. The van der Waals surface area contributed by atoms with Crippen molar-refractivity contribution in [1.82, 2.24) is 5.32 Å². The van der Waals surface area contributed by atoms with Gasteiger partial charge in [-0.2, -0.15) is 0 Å². The molecule has 0 saturated heterocycles. The molecule has 1 N–H and O–H groups in total. The second-order valence-electron chi connectivity index (χ2n) is 7.06. The van der Waals surface area contributed by atoms with E-state index >= 15 is 0 Å². The fourth-order valence-corrected chi connectivity index (χ4v) is 3.56. The summed E-state index contributed by atoms with van der Waals surface area (Å²) in [7, 11) is 1.82. The van der Waals surface area contributed by atoms with Crippen LogP contribution in [0.3, 0.4) is 0 Å². The van der Waals surface area contributed by atoms with Crippen LogP contribution in [0.1, 0.15) is 90.2 Å². The van der Waals surface area contributed by atoms with Crippen molar-refractivity contribution in [3.8, 4) is 12.3 Å². The zero-order valence-electron chi connectivity index (χ0n) is 19.1. The number of aryl methyl sites for hydroxylation is 1. The van der Waals surface area contributed by atoms with E-state index in [0.717, 1.165) is 29.2 Å². The van der Waals surface area contributed by atoms with Crippen LogP contribution in [-0.2, 0) is 6.42 Å². The zero-order valence-corrected chi connectivity index (χ0v) is 19.1. The fraction of sp³-hybridized carbons (Fsp3) is 0.556. The molecule has 1 nitrogen and oxygen atoms in total. The predicted octanol–water partition coefficient (Wildman–Crippen LogP) is 7.78. The standard InChI is InChI=1S/C15H17N.C10H20.C2H6/c1-5-12-9-8-10-13(11-12)14(6-2)15(7-3)16-4;1-2-10-8-6-4-3-5-7-9-10;1-2/h3,6,8-11,16H,2,5H2,1,4H3;10H,2-9H2,1H3;1-2H3/b15-14+;;. The van der Waals surface area contributed by atoms with E-state index in [1.807, 2.05) is 33.0 Å². The number of hydrogen-bond acceptors (Lipinski definition) is 1. The Kier molecular flexibility index (Phi) is 16.0. The maximum absolute atomic E-state index is 5.45. The van der Waals surface area contributed by atoms with Gasteiger partial charge in [-0.15, -0.1) is 6.42 Å². The molecule has 1 aliphatic rings. The van der Waals surface area contributed by atoms with E-state index in [9.17, 15) is 0 Å². The van der Waals surface area contributed by atoms with E-state index in [4.69, 9.17) is 6.42 Å². The van der Waals surface area contributed by atoms with Gasteiger partial charge in [-0.05, 0) is 23.5 Å². The highest BCUT2D eigenvalue weighted by Gasteiger charge is 2.08. The molecule has 156 valence electrons. The Hall–Kier alpha value is -1.94. The maximum Gasteiger partial charge on any atom is 0.0927 e. The van der Waals surface area contributed by atoms with Crippen molar-refractivity contribution in [2.45, 2.75) is 85.5 Å². The highest BCUT2D eigenvalue weighted by atomic mass is 14.8. The monoisotopic (exact) mass is 381 g/mol. The molecule has 0 amide bonds. The van der Waals surface area contributed by atoms with Crippen molar-refractivity contribution in [2.24, 2.45) is 5.92 Å². The largest absolute Gasteiger partial charge is 0.381 e. The SMILES string of the molecule is C#C/C(NC)=C(/C=C)c1cccc(CC)c1.CC.CCC1CCCCCCC1. The number of rotatable bonds is 5. The Labute approximate surface area is 175 Å². The minimum Gasteiger partial charge on any atom is -0.381 e. The summed E-state index contributed by atoms with van der Waals surface area (Å²) in [6.07, 6.45) is 20.2.